The van der Waals surface area contributed by atoms with Crippen molar-refractivity contribution < 1.29 is 8.78 Å². The Balaban J connectivity index is 2.74. The molecule has 0 atom stereocenters. The Kier molecular flexibility index (Phi) is 3.36. The first kappa shape index (κ1) is 10.1. The summed E-state index contributed by atoms with van der Waals surface area (Å²) in [5.41, 5.74) is 6.12. The Morgan fingerprint density at radius 1 is 1.62 bits per heavy atom. The summed E-state index contributed by atoms with van der Waals surface area (Å²) in [6, 6.07) is 0. The molecule has 1 rings (SSSR count). The Hall–Kier alpha value is -0.970. The molecular weight excluding hydrogens is 176 g/mol. The van der Waals surface area contributed by atoms with Gasteiger partial charge in [-0.3, -0.25) is 0 Å². The summed E-state index contributed by atoms with van der Waals surface area (Å²) >= 11 is 0. The SMILES string of the molecule is Cn1c(CCCN)cnc1C(F)F. The lowest BCUT2D eigenvalue weighted by molar-refractivity contribution is 0.136. The fourth-order valence-corrected chi connectivity index (χ4v) is 1.18. The molecule has 0 aliphatic carbocycles. The fraction of sp³-hybridized carbons (Fsp3) is 0.625. The number of imidazole rings is 1. The van der Waals surface area contributed by atoms with Gasteiger partial charge in [0, 0.05) is 18.9 Å². The van der Waals surface area contributed by atoms with E-state index in [9.17, 15) is 8.78 Å². The summed E-state index contributed by atoms with van der Waals surface area (Å²) in [6.07, 6.45) is 0.475. The molecule has 2 N–H and O–H groups in total. The number of aryl methyl sites for hydroxylation is 1. The van der Waals surface area contributed by atoms with E-state index in [-0.39, 0.29) is 5.82 Å². The van der Waals surface area contributed by atoms with Crippen molar-refractivity contribution in [1.82, 2.24) is 9.55 Å². The van der Waals surface area contributed by atoms with Crippen molar-refractivity contribution in [2.45, 2.75) is 19.3 Å². The van der Waals surface area contributed by atoms with Gasteiger partial charge in [-0.25, -0.2) is 13.8 Å². The zero-order valence-corrected chi connectivity index (χ0v) is 7.50. The number of hydrogen-bond donors (Lipinski definition) is 1. The van der Waals surface area contributed by atoms with Crippen LogP contribution in [0.25, 0.3) is 0 Å². The van der Waals surface area contributed by atoms with Crippen LogP contribution in [0.4, 0.5) is 8.78 Å². The number of aromatic nitrogens is 2. The van der Waals surface area contributed by atoms with Crippen LogP contribution in [0.15, 0.2) is 6.20 Å². The summed E-state index contributed by atoms with van der Waals surface area (Å²) < 4.78 is 25.9. The zero-order valence-electron chi connectivity index (χ0n) is 7.50. The third-order valence-corrected chi connectivity index (χ3v) is 1.95. The third-order valence-electron chi connectivity index (χ3n) is 1.95. The molecule has 1 heterocycles. The fourth-order valence-electron chi connectivity index (χ4n) is 1.18. The largest absolute Gasteiger partial charge is 0.330 e. The molecule has 1 aromatic heterocycles. The molecule has 0 unspecified atom stereocenters. The molecule has 3 nitrogen and oxygen atoms in total. The minimum atomic E-state index is -2.50. The van der Waals surface area contributed by atoms with Crippen LogP contribution in [-0.4, -0.2) is 16.1 Å². The molecule has 0 saturated carbocycles. The van der Waals surface area contributed by atoms with E-state index in [4.69, 9.17) is 5.73 Å². The first-order valence-electron chi connectivity index (χ1n) is 4.15. The lowest BCUT2D eigenvalue weighted by atomic mass is 10.2. The van der Waals surface area contributed by atoms with Gasteiger partial charge in [0.05, 0.1) is 0 Å². The van der Waals surface area contributed by atoms with Gasteiger partial charge in [-0.05, 0) is 19.4 Å². The van der Waals surface area contributed by atoms with Crippen LogP contribution >= 0.6 is 0 Å². The van der Waals surface area contributed by atoms with E-state index in [0.29, 0.717) is 13.0 Å². The molecule has 0 aromatic carbocycles. The van der Waals surface area contributed by atoms with Crippen LogP contribution in [0.3, 0.4) is 0 Å². The molecule has 0 bridgehead atoms. The maximum absolute atomic E-state index is 12.3. The second kappa shape index (κ2) is 4.32. The van der Waals surface area contributed by atoms with Crippen molar-refractivity contribution in [1.29, 1.82) is 0 Å². The number of nitrogens with two attached hydrogens (primary N) is 1. The summed E-state index contributed by atoms with van der Waals surface area (Å²) in [4.78, 5) is 3.64. The molecule has 5 heteroatoms. The molecule has 13 heavy (non-hydrogen) atoms. The number of hydrogen-bond acceptors (Lipinski definition) is 2. The predicted octanol–water partition coefficient (Wildman–Crippen LogP) is 1.25. The normalized spacial score (nSPS) is 11.2. The first-order valence-corrected chi connectivity index (χ1v) is 4.15. The number of halogens is 2. The summed E-state index contributed by atoms with van der Waals surface area (Å²) in [5.74, 6) is -0.174. The van der Waals surface area contributed by atoms with Crippen LogP contribution < -0.4 is 5.73 Å². The number of nitrogens with zero attached hydrogens (tertiary/aromatic N) is 2. The Morgan fingerprint density at radius 3 is 2.77 bits per heavy atom. The minimum absolute atomic E-state index is 0.174. The average molecular weight is 189 g/mol. The lowest BCUT2D eigenvalue weighted by Gasteiger charge is -2.03. The number of rotatable bonds is 4. The van der Waals surface area contributed by atoms with Crippen molar-refractivity contribution >= 4 is 0 Å². The van der Waals surface area contributed by atoms with E-state index in [1.54, 1.807) is 7.05 Å². The second-order valence-electron chi connectivity index (χ2n) is 2.86. The van der Waals surface area contributed by atoms with E-state index in [0.717, 1.165) is 12.1 Å². The van der Waals surface area contributed by atoms with Crippen molar-refractivity contribution in [2.24, 2.45) is 12.8 Å². The van der Waals surface area contributed by atoms with E-state index >= 15 is 0 Å². The zero-order chi connectivity index (χ0) is 9.84. The van der Waals surface area contributed by atoms with Crippen molar-refractivity contribution in [3.8, 4) is 0 Å². The highest BCUT2D eigenvalue weighted by atomic mass is 19.3. The van der Waals surface area contributed by atoms with Crippen LogP contribution in [0.2, 0.25) is 0 Å². The highest BCUT2D eigenvalue weighted by Crippen LogP contribution is 2.17. The van der Waals surface area contributed by atoms with Crippen LogP contribution in [0.1, 0.15) is 24.4 Å². The van der Waals surface area contributed by atoms with Gasteiger partial charge in [0.25, 0.3) is 6.43 Å². The Bertz CT molecular complexity index is 270. The van der Waals surface area contributed by atoms with Gasteiger partial charge in [-0.1, -0.05) is 0 Å². The Morgan fingerprint density at radius 2 is 2.31 bits per heavy atom. The van der Waals surface area contributed by atoms with E-state index in [1.165, 1.54) is 10.8 Å². The van der Waals surface area contributed by atoms with Gasteiger partial charge in [0.15, 0.2) is 5.82 Å². The molecule has 74 valence electrons. The molecule has 0 amide bonds. The molecule has 1 aromatic rings. The van der Waals surface area contributed by atoms with Crippen LogP contribution in [0.5, 0.6) is 0 Å². The standard InChI is InChI=1S/C8H13F2N3/c1-13-6(3-2-4-11)5-12-8(13)7(9)10/h5,7H,2-4,11H2,1H3. The summed E-state index contributed by atoms with van der Waals surface area (Å²) in [7, 11) is 1.60. The highest BCUT2D eigenvalue weighted by Gasteiger charge is 2.14. The second-order valence-corrected chi connectivity index (χ2v) is 2.86. The average Bonchev–Trinajstić information content (AvgIpc) is 2.43. The van der Waals surface area contributed by atoms with E-state index in [1.807, 2.05) is 0 Å². The quantitative estimate of drug-likeness (QED) is 0.774. The third kappa shape index (κ3) is 2.24. The maximum Gasteiger partial charge on any atom is 0.295 e. The van der Waals surface area contributed by atoms with E-state index < -0.39 is 6.43 Å². The molecule has 0 saturated heterocycles. The lowest BCUT2D eigenvalue weighted by Crippen LogP contribution is -2.05. The van der Waals surface area contributed by atoms with Gasteiger partial charge >= 0.3 is 0 Å². The van der Waals surface area contributed by atoms with Crippen molar-refractivity contribution in [3.63, 3.8) is 0 Å². The topological polar surface area (TPSA) is 43.8 Å². The first-order chi connectivity index (χ1) is 6.16. The molecular formula is C8H13F2N3. The summed E-state index contributed by atoms with van der Waals surface area (Å²) in [5, 5.41) is 0. The minimum Gasteiger partial charge on any atom is -0.330 e. The smallest absolute Gasteiger partial charge is 0.295 e. The Labute approximate surface area is 75.6 Å². The van der Waals surface area contributed by atoms with Gasteiger partial charge < -0.3 is 10.3 Å². The molecule has 0 aliphatic rings. The monoisotopic (exact) mass is 189 g/mol. The highest BCUT2D eigenvalue weighted by molar-refractivity contribution is 5.05. The molecule has 0 fully saturated rings. The van der Waals surface area contributed by atoms with Gasteiger partial charge in [-0.15, -0.1) is 0 Å². The van der Waals surface area contributed by atoms with Gasteiger partial charge in [0.2, 0.25) is 0 Å². The van der Waals surface area contributed by atoms with Crippen molar-refractivity contribution in [2.75, 3.05) is 6.54 Å². The van der Waals surface area contributed by atoms with Gasteiger partial charge in [0.1, 0.15) is 0 Å². The molecule has 0 radical (unpaired) electrons. The van der Waals surface area contributed by atoms with E-state index in [2.05, 4.69) is 4.98 Å². The predicted molar refractivity (Wildman–Crippen MR) is 45.5 cm³/mol. The van der Waals surface area contributed by atoms with Crippen LogP contribution in [0, 0.1) is 0 Å². The maximum atomic E-state index is 12.3. The molecule has 0 spiro atoms. The van der Waals surface area contributed by atoms with Crippen LogP contribution in [-0.2, 0) is 13.5 Å². The van der Waals surface area contributed by atoms with Gasteiger partial charge in [-0.2, -0.15) is 0 Å². The number of alkyl halides is 2. The molecule has 0 aliphatic heterocycles. The summed E-state index contributed by atoms with van der Waals surface area (Å²) in [6.45, 7) is 0.565. The van der Waals surface area contributed by atoms with Crippen molar-refractivity contribution in [3.05, 3.63) is 17.7 Å².